The molecule has 1 atom stereocenters. The number of nitrogens with one attached hydrogen (secondary N) is 1. The van der Waals surface area contributed by atoms with Gasteiger partial charge in [-0.05, 0) is 26.2 Å². The maximum atomic E-state index is 4.70. The van der Waals surface area contributed by atoms with E-state index in [1.54, 1.807) is 22.7 Å². The Labute approximate surface area is 123 Å². The zero-order valence-electron chi connectivity index (χ0n) is 12.0. The number of thiazole rings is 2. The third-order valence-electron chi connectivity index (χ3n) is 3.10. The molecule has 0 aromatic carbocycles. The Hall–Kier alpha value is -0.940. The third kappa shape index (κ3) is 3.34. The predicted octanol–water partition coefficient (Wildman–Crippen LogP) is 4.60. The lowest BCUT2D eigenvalue weighted by molar-refractivity contribution is 0.763. The molecule has 2 rings (SSSR count). The van der Waals surface area contributed by atoms with Crippen LogP contribution >= 0.6 is 22.7 Å². The van der Waals surface area contributed by atoms with Crippen molar-refractivity contribution in [1.82, 2.24) is 9.97 Å². The molecule has 0 aliphatic rings. The zero-order chi connectivity index (χ0) is 13.8. The second-order valence-corrected chi connectivity index (χ2v) is 6.52. The number of anilines is 1. The smallest absolute Gasteiger partial charge is 0.183 e. The molecule has 2 aromatic rings. The van der Waals surface area contributed by atoms with Crippen molar-refractivity contribution in [3.63, 3.8) is 0 Å². The summed E-state index contributed by atoms with van der Waals surface area (Å²) >= 11 is 3.46. The quantitative estimate of drug-likeness (QED) is 0.846. The van der Waals surface area contributed by atoms with Gasteiger partial charge in [0.25, 0.3) is 0 Å². The fourth-order valence-electron chi connectivity index (χ4n) is 1.75. The summed E-state index contributed by atoms with van der Waals surface area (Å²) in [6, 6.07) is 0.470. The van der Waals surface area contributed by atoms with Gasteiger partial charge >= 0.3 is 0 Å². The van der Waals surface area contributed by atoms with Gasteiger partial charge < -0.3 is 5.32 Å². The Balaban J connectivity index is 2.24. The van der Waals surface area contributed by atoms with Crippen molar-refractivity contribution in [2.75, 3.05) is 5.32 Å². The molecule has 0 bridgehead atoms. The van der Waals surface area contributed by atoms with E-state index in [2.05, 4.69) is 43.4 Å². The molecule has 19 heavy (non-hydrogen) atoms. The average molecular weight is 295 g/mol. The van der Waals surface area contributed by atoms with Gasteiger partial charge in [0.1, 0.15) is 0 Å². The minimum atomic E-state index is 0.470. The van der Waals surface area contributed by atoms with Crippen LogP contribution in [0.1, 0.15) is 44.8 Å². The largest absolute Gasteiger partial charge is 0.359 e. The molecule has 1 N–H and O–H groups in total. The molecule has 0 radical (unpaired) electrons. The monoisotopic (exact) mass is 295 g/mol. The van der Waals surface area contributed by atoms with Gasteiger partial charge in [-0.3, -0.25) is 0 Å². The van der Waals surface area contributed by atoms with Crippen LogP contribution in [-0.4, -0.2) is 16.0 Å². The highest BCUT2D eigenvalue weighted by molar-refractivity contribution is 7.16. The highest BCUT2D eigenvalue weighted by Crippen LogP contribution is 2.33. The van der Waals surface area contributed by atoms with Crippen molar-refractivity contribution in [3.8, 4) is 10.6 Å². The topological polar surface area (TPSA) is 37.8 Å². The molecule has 104 valence electrons. The first-order valence-corrected chi connectivity index (χ1v) is 8.58. The summed E-state index contributed by atoms with van der Waals surface area (Å²) in [5.41, 5.74) is 2.26. The fourth-order valence-corrected chi connectivity index (χ4v) is 3.69. The summed E-state index contributed by atoms with van der Waals surface area (Å²) in [5, 5.41) is 7.78. The minimum absolute atomic E-state index is 0.470. The number of nitrogens with zero attached hydrogens (tertiary/aromatic N) is 2. The van der Waals surface area contributed by atoms with E-state index in [1.807, 2.05) is 0 Å². The highest BCUT2D eigenvalue weighted by atomic mass is 32.1. The number of rotatable bonds is 6. The van der Waals surface area contributed by atoms with Crippen molar-refractivity contribution >= 4 is 27.8 Å². The average Bonchev–Trinajstić information content (AvgIpc) is 3.03. The third-order valence-corrected chi connectivity index (χ3v) is 5.14. The first-order valence-electron chi connectivity index (χ1n) is 6.88. The molecule has 0 saturated heterocycles. The van der Waals surface area contributed by atoms with Crippen LogP contribution in [0.4, 0.5) is 5.13 Å². The van der Waals surface area contributed by atoms with E-state index in [-0.39, 0.29) is 0 Å². The van der Waals surface area contributed by atoms with Crippen LogP contribution in [-0.2, 0) is 12.8 Å². The van der Waals surface area contributed by atoms with Crippen molar-refractivity contribution in [1.29, 1.82) is 0 Å². The van der Waals surface area contributed by atoms with E-state index in [0.29, 0.717) is 6.04 Å². The summed E-state index contributed by atoms with van der Waals surface area (Å²) in [6.45, 7) is 8.67. The van der Waals surface area contributed by atoms with Crippen LogP contribution < -0.4 is 5.32 Å². The molecule has 0 fully saturated rings. The lowest BCUT2D eigenvalue weighted by Crippen LogP contribution is -2.12. The van der Waals surface area contributed by atoms with Crippen LogP contribution in [0.5, 0.6) is 0 Å². The summed E-state index contributed by atoms with van der Waals surface area (Å²) in [4.78, 5) is 10.6. The minimum Gasteiger partial charge on any atom is -0.359 e. The number of hydrogen-bond acceptors (Lipinski definition) is 5. The van der Waals surface area contributed by atoms with Gasteiger partial charge in [-0.25, -0.2) is 9.97 Å². The Morgan fingerprint density at radius 3 is 2.63 bits per heavy atom. The van der Waals surface area contributed by atoms with Gasteiger partial charge in [0.05, 0.1) is 21.3 Å². The maximum Gasteiger partial charge on any atom is 0.183 e. The second-order valence-electron chi connectivity index (χ2n) is 4.58. The molecule has 5 heteroatoms. The van der Waals surface area contributed by atoms with Crippen LogP contribution in [0, 0.1) is 0 Å². The molecule has 2 aromatic heterocycles. The van der Waals surface area contributed by atoms with Gasteiger partial charge in [-0.15, -0.1) is 22.7 Å². The van der Waals surface area contributed by atoms with Crippen LogP contribution in [0.25, 0.3) is 10.6 Å². The lowest BCUT2D eigenvalue weighted by Gasteiger charge is -2.08. The standard InChI is InChI=1S/C14H21N3S2/c1-5-9(4)15-14-17-11(8-18-14)13-10(6-2)16-12(7-3)19-13/h8-9H,5-7H2,1-4H3,(H,15,17). The van der Waals surface area contributed by atoms with E-state index in [0.717, 1.165) is 30.1 Å². The second kappa shape index (κ2) is 6.48. The van der Waals surface area contributed by atoms with Gasteiger partial charge in [0.2, 0.25) is 0 Å². The molecule has 0 saturated carbocycles. The van der Waals surface area contributed by atoms with E-state index in [4.69, 9.17) is 4.98 Å². The van der Waals surface area contributed by atoms with E-state index in [9.17, 15) is 0 Å². The normalized spacial score (nSPS) is 12.6. The summed E-state index contributed by atoms with van der Waals surface area (Å²) in [5.74, 6) is 0. The Morgan fingerprint density at radius 1 is 1.21 bits per heavy atom. The van der Waals surface area contributed by atoms with Crippen molar-refractivity contribution in [2.24, 2.45) is 0 Å². The summed E-state index contributed by atoms with van der Waals surface area (Å²) in [7, 11) is 0. The number of aryl methyl sites for hydroxylation is 2. The van der Waals surface area contributed by atoms with Crippen LogP contribution in [0.3, 0.4) is 0 Å². The summed E-state index contributed by atoms with van der Waals surface area (Å²) < 4.78 is 0. The van der Waals surface area contributed by atoms with E-state index < -0.39 is 0 Å². The van der Waals surface area contributed by atoms with Crippen molar-refractivity contribution in [3.05, 3.63) is 16.1 Å². The van der Waals surface area contributed by atoms with E-state index >= 15 is 0 Å². The molecule has 0 aliphatic carbocycles. The summed E-state index contributed by atoms with van der Waals surface area (Å²) in [6.07, 6.45) is 3.08. The first kappa shape index (κ1) is 14.5. The molecule has 2 heterocycles. The Kier molecular flexibility index (Phi) is 4.93. The number of aromatic nitrogens is 2. The van der Waals surface area contributed by atoms with Gasteiger partial charge in [0.15, 0.2) is 5.13 Å². The molecule has 0 aliphatic heterocycles. The predicted molar refractivity (Wildman–Crippen MR) is 85.4 cm³/mol. The Morgan fingerprint density at radius 2 is 2.00 bits per heavy atom. The van der Waals surface area contributed by atoms with Crippen LogP contribution in [0.2, 0.25) is 0 Å². The maximum absolute atomic E-state index is 4.70. The lowest BCUT2D eigenvalue weighted by atomic mass is 10.2. The molecular weight excluding hydrogens is 274 g/mol. The van der Waals surface area contributed by atoms with Gasteiger partial charge in [-0.2, -0.15) is 0 Å². The van der Waals surface area contributed by atoms with Gasteiger partial charge in [-0.1, -0.05) is 20.8 Å². The zero-order valence-corrected chi connectivity index (χ0v) is 13.6. The molecule has 1 unspecified atom stereocenters. The molecular formula is C14H21N3S2. The fraction of sp³-hybridized carbons (Fsp3) is 0.571. The highest BCUT2D eigenvalue weighted by Gasteiger charge is 2.14. The van der Waals surface area contributed by atoms with E-state index in [1.165, 1.54) is 15.6 Å². The first-order chi connectivity index (χ1) is 9.17. The molecule has 3 nitrogen and oxygen atoms in total. The van der Waals surface area contributed by atoms with Crippen LogP contribution in [0.15, 0.2) is 5.38 Å². The molecule has 0 amide bonds. The Bertz CT molecular complexity index is 531. The molecule has 0 spiro atoms. The van der Waals surface area contributed by atoms with Crippen molar-refractivity contribution in [2.45, 2.75) is 53.0 Å². The number of hydrogen-bond donors (Lipinski definition) is 1. The van der Waals surface area contributed by atoms with Gasteiger partial charge in [0, 0.05) is 11.4 Å². The SMILES string of the molecule is CCc1nc(CC)c(-c2csc(NC(C)CC)n2)s1. The van der Waals surface area contributed by atoms with Crippen molar-refractivity contribution < 1.29 is 0 Å².